The lowest BCUT2D eigenvalue weighted by molar-refractivity contribution is -0.137. The Bertz CT molecular complexity index is 322. The van der Waals surface area contributed by atoms with Crippen LogP contribution in [0.3, 0.4) is 0 Å². The Morgan fingerprint density at radius 2 is 1.74 bits per heavy atom. The molecular formula is C17H26O2. The summed E-state index contributed by atoms with van der Waals surface area (Å²) >= 11 is 0. The molecule has 0 aliphatic rings. The normalized spacial score (nSPS) is 12.3. The van der Waals surface area contributed by atoms with Gasteiger partial charge in [0.1, 0.15) is 0 Å². The second-order valence-corrected chi connectivity index (χ2v) is 4.13. The topological polar surface area (TPSA) is 26.3 Å². The molecule has 0 bridgehead atoms. The molecule has 0 rings (SSSR count). The molecule has 0 radical (unpaired) electrons. The first-order chi connectivity index (χ1) is 9.31. The van der Waals surface area contributed by atoms with Crippen LogP contribution in [0.5, 0.6) is 0 Å². The monoisotopic (exact) mass is 262 g/mol. The van der Waals surface area contributed by atoms with Crippen molar-refractivity contribution in [3.63, 3.8) is 0 Å². The number of hydrogen-bond acceptors (Lipinski definition) is 2. The van der Waals surface area contributed by atoms with Crippen LogP contribution in [-0.2, 0) is 9.53 Å². The molecule has 2 nitrogen and oxygen atoms in total. The van der Waals surface area contributed by atoms with Crippen LogP contribution in [0.15, 0.2) is 48.6 Å². The molecule has 0 aromatic heterocycles. The van der Waals surface area contributed by atoms with Crippen molar-refractivity contribution in [2.24, 2.45) is 0 Å². The lowest BCUT2D eigenvalue weighted by Gasteiger charge is -1.92. The van der Waals surface area contributed by atoms with Gasteiger partial charge < -0.3 is 4.74 Å². The van der Waals surface area contributed by atoms with Crippen LogP contribution in [0.2, 0.25) is 0 Å². The number of carbonyl (C=O) groups is 1. The van der Waals surface area contributed by atoms with Crippen molar-refractivity contribution >= 4 is 5.97 Å². The average Bonchev–Trinajstić information content (AvgIpc) is 2.40. The van der Waals surface area contributed by atoms with Crippen LogP contribution in [0.1, 0.15) is 46.0 Å². The third-order valence-electron chi connectivity index (χ3n) is 2.40. The maximum absolute atomic E-state index is 11.0. The summed E-state index contributed by atoms with van der Waals surface area (Å²) in [4.78, 5) is 11.0. The van der Waals surface area contributed by atoms with Crippen molar-refractivity contribution in [1.82, 2.24) is 0 Å². The maximum Gasteiger partial charge on any atom is 0.330 e. The Kier molecular flexibility index (Phi) is 13.3. The van der Waals surface area contributed by atoms with E-state index in [1.165, 1.54) is 31.8 Å². The van der Waals surface area contributed by atoms with Gasteiger partial charge in [-0.15, -0.1) is 0 Å². The summed E-state index contributed by atoms with van der Waals surface area (Å²) in [6.45, 7) is 4.42. The highest BCUT2D eigenvalue weighted by atomic mass is 16.5. The van der Waals surface area contributed by atoms with Crippen molar-refractivity contribution in [2.75, 3.05) is 6.61 Å². The minimum absolute atomic E-state index is 0.300. The van der Waals surface area contributed by atoms with Crippen molar-refractivity contribution in [3.8, 4) is 0 Å². The SMILES string of the molecule is CCCCC/C=C\C/C=C/C=C/C=C/C(=O)OCC. The van der Waals surface area contributed by atoms with E-state index >= 15 is 0 Å². The van der Waals surface area contributed by atoms with Gasteiger partial charge in [-0.05, 0) is 26.2 Å². The molecule has 0 amide bonds. The predicted molar refractivity (Wildman–Crippen MR) is 82.0 cm³/mol. The molecular weight excluding hydrogens is 236 g/mol. The number of esters is 1. The fourth-order valence-corrected chi connectivity index (χ4v) is 1.41. The summed E-state index contributed by atoms with van der Waals surface area (Å²) in [7, 11) is 0. The second kappa shape index (κ2) is 14.5. The molecule has 0 atom stereocenters. The van der Waals surface area contributed by atoms with Crippen molar-refractivity contribution in [2.45, 2.75) is 46.0 Å². The number of ether oxygens (including phenoxy) is 1. The van der Waals surface area contributed by atoms with Crippen LogP contribution in [0.25, 0.3) is 0 Å². The van der Waals surface area contributed by atoms with Crippen LogP contribution in [-0.4, -0.2) is 12.6 Å². The fraction of sp³-hybridized carbons (Fsp3) is 0.471. The zero-order valence-electron chi connectivity index (χ0n) is 12.2. The summed E-state index contributed by atoms with van der Waals surface area (Å²) in [6.07, 6.45) is 21.3. The first kappa shape index (κ1) is 17.4. The summed E-state index contributed by atoms with van der Waals surface area (Å²) in [5, 5.41) is 0. The minimum atomic E-state index is -0.300. The molecule has 0 aliphatic carbocycles. The Morgan fingerprint density at radius 1 is 0.947 bits per heavy atom. The van der Waals surface area contributed by atoms with E-state index in [2.05, 4.69) is 25.2 Å². The van der Waals surface area contributed by atoms with Gasteiger partial charge in [0.2, 0.25) is 0 Å². The molecule has 0 saturated carbocycles. The molecule has 0 unspecified atom stereocenters. The molecule has 106 valence electrons. The lowest BCUT2D eigenvalue weighted by atomic mass is 10.2. The molecule has 2 heteroatoms. The molecule has 0 saturated heterocycles. The average molecular weight is 262 g/mol. The van der Waals surface area contributed by atoms with Crippen LogP contribution in [0.4, 0.5) is 0 Å². The highest BCUT2D eigenvalue weighted by Gasteiger charge is 1.89. The third-order valence-corrected chi connectivity index (χ3v) is 2.40. The number of allylic oxidation sites excluding steroid dienone is 7. The van der Waals surface area contributed by atoms with Crippen molar-refractivity contribution in [1.29, 1.82) is 0 Å². The molecule has 0 N–H and O–H groups in total. The van der Waals surface area contributed by atoms with Crippen molar-refractivity contribution < 1.29 is 9.53 Å². The molecule has 19 heavy (non-hydrogen) atoms. The van der Waals surface area contributed by atoms with Crippen LogP contribution < -0.4 is 0 Å². The quantitative estimate of drug-likeness (QED) is 0.187. The van der Waals surface area contributed by atoms with Gasteiger partial charge in [0, 0.05) is 6.08 Å². The van der Waals surface area contributed by atoms with E-state index in [-0.39, 0.29) is 5.97 Å². The van der Waals surface area contributed by atoms with E-state index in [0.717, 1.165) is 6.42 Å². The standard InChI is InChI=1S/C17H26O2/c1-3-5-6-7-8-9-10-11-12-13-14-15-16-17(18)19-4-2/h8-9,11-16H,3-7,10H2,1-2H3/b9-8-,12-11+,14-13+,16-15+. The smallest absolute Gasteiger partial charge is 0.330 e. The van der Waals surface area contributed by atoms with Crippen LogP contribution >= 0.6 is 0 Å². The second-order valence-electron chi connectivity index (χ2n) is 4.13. The van der Waals surface area contributed by atoms with E-state index in [9.17, 15) is 4.79 Å². The maximum atomic E-state index is 11.0. The number of rotatable bonds is 10. The Morgan fingerprint density at radius 3 is 2.47 bits per heavy atom. The summed E-state index contributed by atoms with van der Waals surface area (Å²) < 4.78 is 4.76. The van der Waals surface area contributed by atoms with E-state index in [1.807, 2.05) is 18.2 Å². The van der Waals surface area contributed by atoms with Gasteiger partial charge in [-0.1, -0.05) is 62.3 Å². The summed E-state index contributed by atoms with van der Waals surface area (Å²) in [6, 6.07) is 0. The van der Waals surface area contributed by atoms with Gasteiger partial charge in [-0.2, -0.15) is 0 Å². The van der Waals surface area contributed by atoms with Gasteiger partial charge in [0.05, 0.1) is 6.61 Å². The zero-order chi connectivity index (χ0) is 14.2. The Balaban J connectivity index is 3.59. The van der Waals surface area contributed by atoms with Gasteiger partial charge in [-0.3, -0.25) is 0 Å². The minimum Gasteiger partial charge on any atom is -0.463 e. The summed E-state index contributed by atoms with van der Waals surface area (Å²) in [5.74, 6) is -0.300. The summed E-state index contributed by atoms with van der Waals surface area (Å²) in [5.41, 5.74) is 0. The van der Waals surface area contributed by atoms with Crippen molar-refractivity contribution in [3.05, 3.63) is 48.6 Å². The number of unbranched alkanes of at least 4 members (excludes halogenated alkanes) is 3. The fourth-order valence-electron chi connectivity index (χ4n) is 1.41. The number of carbonyl (C=O) groups excluding carboxylic acids is 1. The highest BCUT2D eigenvalue weighted by molar-refractivity contribution is 5.82. The van der Waals surface area contributed by atoms with E-state index < -0.39 is 0 Å². The van der Waals surface area contributed by atoms with Crippen LogP contribution in [0, 0.1) is 0 Å². The van der Waals surface area contributed by atoms with E-state index in [0.29, 0.717) is 6.61 Å². The first-order valence-electron chi connectivity index (χ1n) is 7.12. The molecule has 0 aliphatic heterocycles. The molecule has 0 fully saturated rings. The lowest BCUT2D eigenvalue weighted by Crippen LogP contribution is -1.98. The van der Waals surface area contributed by atoms with Gasteiger partial charge in [0.15, 0.2) is 0 Å². The first-order valence-corrected chi connectivity index (χ1v) is 7.12. The molecule has 0 aromatic rings. The Hall–Kier alpha value is -1.57. The largest absolute Gasteiger partial charge is 0.463 e. The van der Waals surface area contributed by atoms with E-state index in [1.54, 1.807) is 13.0 Å². The Labute approximate surface area is 117 Å². The molecule has 0 spiro atoms. The number of hydrogen-bond donors (Lipinski definition) is 0. The van der Waals surface area contributed by atoms with Gasteiger partial charge in [-0.25, -0.2) is 4.79 Å². The predicted octanol–water partition coefficient (Wildman–Crippen LogP) is 4.74. The molecule has 0 heterocycles. The van der Waals surface area contributed by atoms with E-state index in [4.69, 9.17) is 4.74 Å². The zero-order valence-corrected chi connectivity index (χ0v) is 12.2. The molecule has 0 aromatic carbocycles. The van der Waals surface area contributed by atoms with Gasteiger partial charge >= 0.3 is 5.97 Å². The van der Waals surface area contributed by atoms with Gasteiger partial charge in [0.25, 0.3) is 0 Å². The highest BCUT2D eigenvalue weighted by Crippen LogP contribution is 2.00. The third kappa shape index (κ3) is 14.4.